The third kappa shape index (κ3) is 3.23. The Labute approximate surface area is 146 Å². The highest BCUT2D eigenvalue weighted by molar-refractivity contribution is 6.10. The SMILES string of the molecule is COc1ccc(C2=CN([O-])CN=C2)cc1OC1Cc2ccccc2C1. The van der Waals surface area contributed by atoms with Crippen molar-refractivity contribution in [1.29, 1.82) is 0 Å². The number of aliphatic imine (C=N–C) groups is 1. The molecule has 0 N–H and O–H groups in total. The molecule has 0 fully saturated rings. The number of hydrogen-bond acceptors (Lipinski definition) is 5. The molecule has 2 aliphatic rings. The van der Waals surface area contributed by atoms with Gasteiger partial charge in [-0.3, -0.25) is 4.99 Å². The number of hydrogen-bond donors (Lipinski definition) is 0. The first-order valence-corrected chi connectivity index (χ1v) is 8.30. The Kier molecular flexibility index (Phi) is 4.15. The van der Waals surface area contributed by atoms with Crippen molar-refractivity contribution in [3.8, 4) is 11.5 Å². The van der Waals surface area contributed by atoms with Gasteiger partial charge in [0.05, 0.1) is 13.8 Å². The number of methoxy groups -OCH3 is 1. The zero-order valence-corrected chi connectivity index (χ0v) is 14.0. The van der Waals surface area contributed by atoms with Crippen LogP contribution in [0, 0.1) is 5.21 Å². The van der Waals surface area contributed by atoms with Crippen LogP contribution in [-0.4, -0.2) is 31.2 Å². The van der Waals surface area contributed by atoms with Crippen molar-refractivity contribution >= 4 is 11.8 Å². The van der Waals surface area contributed by atoms with Crippen LogP contribution in [0.25, 0.3) is 5.57 Å². The quantitative estimate of drug-likeness (QED) is 0.859. The summed E-state index contributed by atoms with van der Waals surface area (Å²) in [7, 11) is 1.63. The molecule has 0 saturated carbocycles. The maximum atomic E-state index is 11.5. The molecule has 4 rings (SSSR count). The van der Waals surface area contributed by atoms with Crippen LogP contribution in [0.1, 0.15) is 16.7 Å². The van der Waals surface area contributed by atoms with Gasteiger partial charge >= 0.3 is 0 Å². The van der Waals surface area contributed by atoms with Crippen LogP contribution >= 0.6 is 0 Å². The minimum atomic E-state index is 0.0894. The van der Waals surface area contributed by atoms with Gasteiger partial charge in [0.2, 0.25) is 0 Å². The van der Waals surface area contributed by atoms with Crippen LogP contribution in [0.2, 0.25) is 0 Å². The van der Waals surface area contributed by atoms with E-state index < -0.39 is 0 Å². The van der Waals surface area contributed by atoms with Gasteiger partial charge in [-0.1, -0.05) is 30.3 Å². The maximum absolute atomic E-state index is 11.5. The lowest BCUT2D eigenvalue weighted by atomic mass is 10.1. The fraction of sp³-hybridized carbons (Fsp3) is 0.250. The standard InChI is InChI=1S/C20H19N2O3/c1-24-19-7-6-16(17-11-21-13-22(23)12-17)10-20(19)25-18-8-14-4-2-3-5-15(14)9-18/h2-7,10-12,18H,8-9,13H2,1H3/q-1. The molecule has 128 valence electrons. The molecular formula is C20H19N2O3-. The van der Waals surface area contributed by atoms with Gasteiger partial charge in [-0.2, -0.15) is 0 Å². The Morgan fingerprint density at radius 2 is 1.84 bits per heavy atom. The monoisotopic (exact) mass is 335 g/mol. The van der Waals surface area contributed by atoms with Crippen molar-refractivity contribution in [1.82, 2.24) is 5.06 Å². The largest absolute Gasteiger partial charge is 0.757 e. The van der Waals surface area contributed by atoms with Gasteiger partial charge in [0.15, 0.2) is 11.5 Å². The summed E-state index contributed by atoms with van der Waals surface area (Å²) >= 11 is 0. The Hall–Kier alpha value is -2.79. The van der Waals surface area contributed by atoms with E-state index in [4.69, 9.17) is 9.47 Å². The molecule has 0 radical (unpaired) electrons. The van der Waals surface area contributed by atoms with E-state index in [1.807, 2.05) is 18.2 Å². The smallest absolute Gasteiger partial charge is 0.162 e. The first kappa shape index (κ1) is 15.7. The number of fused-ring (bicyclic) bond motifs is 1. The van der Waals surface area contributed by atoms with Gasteiger partial charge in [-0.15, -0.1) is 0 Å². The second-order valence-corrected chi connectivity index (χ2v) is 6.24. The zero-order chi connectivity index (χ0) is 17.2. The average molecular weight is 335 g/mol. The molecule has 0 atom stereocenters. The van der Waals surface area contributed by atoms with Gasteiger partial charge in [0, 0.05) is 24.6 Å². The van der Waals surface area contributed by atoms with E-state index in [1.165, 1.54) is 11.1 Å². The summed E-state index contributed by atoms with van der Waals surface area (Å²) in [4.78, 5) is 4.07. The lowest BCUT2D eigenvalue weighted by molar-refractivity contribution is 0.204. The van der Waals surface area contributed by atoms with Crippen LogP contribution in [0.5, 0.6) is 11.5 Å². The fourth-order valence-corrected chi connectivity index (χ4v) is 3.33. The summed E-state index contributed by atoms with van der Waals surface area (Å²) in [6.45, 7) is 0.142. The van der Waals surface area contributed by atoms with Gasteiger partial charge in [0.1, 0.15) is 6.10 Å². The van der Waals surface area contributed by atoms with E-state index in [1.54, 1.807) is 19.5 Å². The number of hydroxylamine groups is 2. The highest BCUT2D eigenvalue weighted by atomic mass is 16.5. The molecule has 0 saturated heterocycles. The summed E-state index contributed by atoms with van der Waals surface area (Å²) in [5.41, 5.74) is 4.33. The number of nitrogens with zero attached hydrogens (tertiary/aromatic N) is 2. The number of rotatable bonds is 4. The Bertz CT molecular complexity index is 820. The maximum Gasteiger partial charge on any atom is 0.162 e. The summed E-state index contributed by atoms with van der Waals surface area (Å²) in [6.07, 6.45) is 5.13. The van der Waals surface area contributed by atoms with Crippen LogP contribution in [-0.2, 0) is 12.8 Å². The topological polar surface area (TPSA) is 57.1 Å². The van der Waals surface area contributed by atoms with Gasteiger partial charge in [0.25, 0.3) is 0 Å². The van der Waals surface area contributed by atoms with Crippen molar-refractivity contribution in [2.45, 2.75) is 18.9 Å². The molecule has 0 amide bonds. The molecule has 5 heteroatoms. The van der Waals surface area contributed by atoms with Crippen LogP contribution in [0.3, 0.4) is 0 Å². The molecule has 0 bridgehead atoms. The number of benzene rings is 2. The summed E-state index contributed by atoms with van der Waals surface area (Å²) in [5.74, 6) is 1.38. The molecule has 1 aliphatic heterocycles. The van der Waals surface area contributed by atoms with E-state index in [2.05, 4.69) is 29.3 Å². The average Bonchev–Trinajstić information content (AvgIpc) is 3.04. The zero-order valence-electron chi connectivity index (χ0n) is 14.0. The normalized spacial score (nSPS) is 16.6. The van der Waals surface area contributed by atoms with E-state index in [-0.39, 0.29) is 12.8 Å². The second kappa shape index (κ2) is 6.61. The molecule has 1 heterocycles. The first-order chi connectivity index (χ1) is 12.2. The van der Waals surface area contributed by atoms with Crippen LogP contribution < -0.4 is 9.47 Å². The summed E-state index contributed by atoms with van der Waals surface area (Å²) in [5, 5.41) is 12.3. The van der Waals surface area contributed by atoms with E-state index in [0.717, 1.165) is 29.0 Å². The van der Waals surface area contributed by atoms with E-state index in [0.29, 0.717) is 11.5 Å². The summed E-state index contributed by atoms with van der Waals surface area (Å²) < 4.78 is 11.7. The highest BCUT2D eigenvalue weighted by Gasteiger charge is 2.23. The predicted octanol–water partition coefficient (Wildman–Crippen LogP) is 3.42. The highest BCUT2D eigenvalue weighted by Crippen LogP contribution is 2.34. The molecule has 1 aliphatic carbocycles. The molecule has 25 heavy (non-hydrogen) atoms. The third-order valence-corrected chi connectivity index (χ3v) is 4.54. The lowest BCUT2D eigenvalue weighted by Gasteiger charge is -2.27. The molecule has 0 aromatic heterocycles. The number of allylic oxidation sites excluding steroid dienone is 1. The van der Waals surface area contributed by atoms with Gasteiger partial charge in [-0.05, 0) is 35.0 Å². The van der Waals surface area contributed by atoms with Crippen molar-refractivity contribution < 1.29 is 9.47 Å². The summed E-state index contributed by atoms with van der Waals surface area (Å²) in [6, 6.07) is 14.1. The predicted molar refractivity (Wildman–Crippen MR) is 97.8 cm³/mol. The Balaban J connectivity index is 1.59. The van der Waals surface area contributed by atoms with Crippen molar-refractivity contribution in [2.24, 2.45) is 4.99 Å². The van der Waals surface area contributed by atoms with Crippen molar-refractivity contribution in [3.05, 3.63) is 70.6 Å². The molecule has 0 spiro atoms. The van der Waals surface area contributed by atoms with Gasteiger partial charge < -0.3 is 19.7 Å². The molecule has 5 nitrogen and oxygen atoms in total. The minimum Gasteiger partial charge on any atom is -0.757 e. The molecule has 0 unspecified atom stereocenters. The fourth-order valence-electron chi connectivity index (χ4n) is 3.33. The molecular weight excluding hydrogens is 316 g/mol. The number of ether oxygens (including phenoxy) is 2. The van der Waals surface area contributed by atoms with Gasteiger partial charge in [-0.25, -0.2) is 0 Å². The first-order valence-electron chi connectivity index (χ1n) is 8.30. The van der Waals surface area contributed by atoms with Crippen molar-refractivity contribution in [3.63, 3.8) is 0 Å². The Morgan fingerprint density at radius 1 is 1.08 bits per heavy atom. The second-order valence-electron chi connectivity index (χ2n) is 6.24. The lowest BCUT2D eigenvalue weighted by Crippen LogP contribution is -2.17. The van der Waals surface area contributed by atoms with Crippen molar-refractivity contribution in [2.75, 3.05) is 13.8 Å². The molecule has 2 aromatic rings. The third-order valence-electron chi connectivity index (χ3n) is 4.54. The van der Waals surface area contributed by atoms with E-state index >= 15 is 0 Å². The Morgan fingerprint density at radius 3 is 2.52 bits per heavy atom. The van der Waals surface area contributed by atoms with E-state index in [9.17, 15) is 5.21 Å². The molecule has 2 aromatic carbocycles. The van der Waals surface area contributed by atoms with Crippen LogP contribution in [0.4, 0.5) is 0 Å². The van der Waals surface area contributed by atoms with Crippen LogP contribution in [0.15, 0.2) is 53.7 Å². The minimum absolute atomic E-state index is 0.0894.